The Morgan fingerprint density at radius 3 is 2.96 bits per heavy atom. The molecule has 1 atom stereocenters. The normalized spacial score (nSPS) is 17.3. The number of carbonyl (C=O) groups is 1. The minimum absolute atomic E-state index is 0.0168. The zero-order valence-electron chi connectivity index (χ0n) is 12.7. The van der Waals surface area contributed by atoms with Gasteiger partial charge in [-0.1, -0.05) is 16.8 Å². The number of hydrogen-bond donors (Lipinski definition) is 2. The van der Waals surface area contributed by atoms with Gasteiger partial charge in [-0.2, -0.15) is 4.98 Å². The predicted molar refractivity (Wildman–Crippen MR) is 86.8 cm³/mol. The first kappa shape index (κ1) is 16.0. The van der Waals surface area contributed by atoms with Crippen molar-refractivity contribution in [2.75, 3.05) is 13.1 Å². The summed E-state index contributed by atoms with van der Waals surface area (Å²) in [5.41, 5.74) is 0.824. The molecule has 6 nitrogen and oxygen atoms in total. The topological polar surface area (TPSA) is 80.0 Å². The van der Waals surface area contributed by atoms with E-state index in [4.69, 9.17) is 16.1 Å². The van der Waals surface area contributed by atoms with Crippen molar-refractivity contribution in [3.05, 3.63) is 35.2 Å². The molecular formula is C16H19ClN4O2. The van der Waals surface area contributed by atoms with Gasteiger partial charge in [0.2, 0.25) is 17.6 Å². The van der Waals surface area contributed by atoms with E-state index in [9.17, 15) is 4.79 Å². The Morgan fingerprint density at radius 2 is 2.22 bits per heavy atom. The molecule has 0 radical (unpaired) electrons. The van der Waals surface area contributed by atoms with E-state index in [1.807, 2.05) is 12.1 Å². The second-order valence-corrected chi connectivity index (χ2v) is 6.13. The van der Waals surface area contributed by atoms with Gasteiger partial charge in [-0.05, 0) is 56.1 Å². The zero-order chi connectivity index (χ0) is 16.1. The molecule has 2 aromatic rings. The minimum Gasteiger partial charge on any atom is -0.347 e. The van der Waals surface area contributed by atoms with Crippen molar-refractivity contribution >= 4 is 17.5 Å². The first-order valence-corrected chi connectivity index (χ1v) is 8.14. The lowest BCUT2D eigenvalue weighted by atomic mass is 10.0. The van der Waals surface area contributed by atoms with Crippen LogP contribution in [0.25, 0.3) is 11.4 Å². The number of benzene rings is 1. The van der Waals surface area contributed by atoms with Crippen molar-refractivity contribution in [1.82, 2.24) is 20.8 Å². The number of rotatable bonds is 6. The summed E-state index contributed by atoms with van der Waals surface area (Å²) in [6, 6.07) is 7.19. The van der Waals surface area contributed by atoms with Gasteiger partial charge >= 0.3 is 0 Å². The van der Waals surface area contributed by atoms with Crippen LogP contribution >= 0.6 is 11.6 Å². The highest BCUT2D eigenvalue weighted by atomic mass is 35.5. The summed E-state index contributed by atoms with van der Waals surface area (Å²) in [6.45, 7) is 2.32. The van der Waals surface area contributed by atoms with Crippen molar-refractivity contribution < 1.29 is 9.32 Å². The van der Waals surface area contributed by atoms with E-state index in [2.05, 4.69) is 20.8 Å². The van der Waals surface area contributed by atoms with Gasteiger partial charge in [-0.25, -0.2) is 0 Å². The molecule has 3 rings (SSSR count). The number of nitrogens with one attached hydrogen (secondary N) is 2. The van der Waals surface area contributed by atoms with Gasteiger partial charge < -0.3 is 15.2 Å². The summed E-state index contributed by atoms with van der Waals surface area (Å²) < 4.78 is 5.16. The van der Waals surface area contributed by atoms with E-state index in [-0.39, 0.29) is 12.5 Å². The molecule has 122 valence electrons. The Labute approximate surface area is 139 Å². The van der Waals surface area contributed by atoms with E-state index in [0.717, 1.165) is 31.5 Å². The van der Waals surface area contributed by atoms with Gasteiger partial charge in [-0.15, -0.1) is 0 Å². The van der Waals surface area contributed by atoms with Gasteiger partial charge in [0.1, 0.15) is 0 Å². The third-order valence-electron chi connectivity index (χ3n) is 3.95. The van der Waals surface area contributed by atoms with Crippen LogP contribution in [0.1, 0.15) is 25.2 Å². The van der Waals surface area contributed by atoms with E-state index in [0.29, 0.717) is 29.1 Å². The quantitative estimate of drug-likeness (QED) is 0.848. The van der Waals surface area contributed by atoms with Crippen LogP contribution in [0.15, 0.2) is 28.8 Å². The van der Waals surface area contributed by atoms with Gasteiger partial charge in [0.15, 0.2) is 0 Å². The molecule has 0 aliphatic carbocycles. The second-order valence-electron chi connectivity index (χ2n) is 5.69. The first-order valence-electron chi connectivity index (χ1n) is 7.76. The van der Waals surface area contributed by atoms with E-state index in [1.54, 1.807) is 12.1 Å². The van der Waals surface area contributed by atoms with Crippen LogP contribution in [0.3, 0.4) is 0 Å². The number of carbonyl (C=O) groups excluding carboxylic acids is 1. The molecule has 1 saturated heterocycles. The molecule has 2 N–H and O–H groups in total. The average Bonchev–Trinajstić information content (AvgIpc) is 3.23. The van der Waals surface area contributed by atoms with Crippen molar-refractivity contribution in [2.45, 2.75) is 25.8 Å². The molecule has 1 unspecified atom stereocenters. The predicted octanol–water partition coefficient (Wildman–Crippen LogP) is 2.40. The number of halogens is 1. The zero-order valence-corrected chi connectivity index (χ0v) is 13.5. The molecule has 1 aliphatic heterocycles. The summed E-state index contributed by atoms with van der Waals surface area (Å²) in [5.74, 6) is 1.51. The molecule has 7 heteroatoms. The molecule has 0 spiro atoms. The Kier molecular flexibility index (Phi) is 5.25. The summed E-state index contributed by atoms with van der Waals surface area (Å²) in [7, 11) is 0. The Balaban J connectivity index is 1.47. The largest absolute Gasteiger partial charge is 0.347 e. The average molecular weight is 335 g/mol. The van der Waals surface area contributed by atoms with E-state index < -0.39 is 0 Å². The third-order valence-corrected chi connectivity index (χ3v) is 4.20. The fourth-order valence-electron chi connectivity index (χ4n) is 2.60. The summed E-state index contributed by atoms with van der Waals surface area (Å²) >= 11 is 5.85. The lowest BCUT2D eigenvalue weighted by molar-refractivity contribution is -0.121. The maximum Gasteiger partial charge on any atom is 0.246 e. The maximum atomic E-state index is 11.9. The van der Waals surface area contributed by atoms with Crippen LogP contribution in [-0.4, -0.2) is 29.1 Å². The summed E-state index contributed by atoms with van der Waals surface area (Å²) in [5, 5.41) is 10.7. The van der Waals surface area contributed by atoms with Crippen molar-refractivity contribution in [1.29, 1.82) is 0 Å². The van der Waals surface area contributed by atoms with Gasteiger partial charge in [0.05, 0.1) is 6.54 Å². The van der Waals surface area contributed by atoms with Gasteiger partial charge in [0, 0.05) is 17.0 Å². The number of amides is 1. The Bertz CT molecular complexity index is 650. The van der Waals surface area contributed by atoms with Crippen molar-refractivity contribution in [3.63, 3.8) is 0 Å². The van der Waals surface area contributed by atoms with E-state index >= 15 is 0 Å². The molecule has 0 bridgehead atoms. The lowest BCUT2D eigenvalue weighted by Crippen LogP contribution is -2.23. The van der Waals surface area contributed by atoms with E-state index in [1.165, 1.54) is 0 Å². The minimum atomic E-state index is 0.0168. The third kappa shape index (κ3) is 4.53. The molecule has 1 amide bonds. The monoisotopic (exact) mass is 334 g/mol. The molecule has 1 aliphatic rings. The highest BCUT2D eigenvalue weighted by Gasteiger charge is 2.16. The van der Waals surface area contributed by atoms with Crippen LogP contribution in [-0.2, 0) is 11.3 Å². The Hall–Kier alpha value is -1.92. The fourth-order valence-corrected chi connectivity index (χ4v) is 2.73. The number of aromatic nitrogens is 2. The fraction of sp³-hybridized carbons (Fsp3) is 0.438. The highest BCUT2D eigenvalue weighted by Crippen LogP contribution is 2.18. The SMILES string of the molecule is O=C(CCC1CCNC1)NCc1nc(-c2ccc(Cl)cc2)no1. The maximum absolute atomic E-state index is 11.9. The second kappa shape index (κ2) is 7.57. The highest BCUT2D eigenvalue weighted by molar-refractivity contribution is 6.30. The lowest BCUT2D eigenvalue weighted by Gasteiger charge is -2.07. The van der Waals surface area contributed by atoms with Gasteiger partial charge in [0.25, 0.3) is 0 Å². The standard InChI is InChI=1S/C16H19ClN4O2/c17-13-4-2-12(3-5-13)16-20-15(23-21-16)10-19-14(22)6-1-11-7-8-18-9-11/h2-5,11,18H,1,6-10H2,(H,19,22). The molecule has 0 saturated carbocycles. The first-order chi connectivity index (χ1) is 11.2. The molecule has 1 aromatic carbocycles. The Morgan fingerprint density at radius 1 is 1.39 bits per heavy atom. The summed E-state index contributed by atoms with van der Waals surface area (Å²) in [6.07, 6.45) is 2.60. The molecule has 1 aromatic heterocycles. The van der Waals surface area contributed by atoms with Crippen LogP contribution in [0.4, 0.5) is 0 Å². The van der Waals surface area contributed by atoms with Crippen LogP contribution < -0.4 is 10.6 Å². The van der Waals surface area contributed by atoms with Crippen molar-refractivity contribution in [3.8, 4) is 11.4 Å². The summed E-state index contributed by atoms with van der Waals surface area (Å²) in [4.78, 5) is 16.1. The molecular weight excluding hydrogens is 316 g/mol. The van der Waals surface area contributed by atoms with Crippen LogP contribution in [0.2, 0.25) is 5.02 Å². The molecule has 23 heavy (non-hydrogen) atoms. The number of hydrogen-bond acceptors (Lipinski definition) is 5. The van der Waals surface area contributed by atoms with Crippen LogP contribution in [0.5, 0.6) is 0 Å². The smallest absolute Gasteiger partial charge is 0.246 e. The molecule has 1 fully saturated rings. The molecule has 2 heterocycles. The number of nitrogens with zero attached hydrogens (tertiary/aromatic N) is 2. The van der Waals surface area contributed by atoms with Crippen LogP contribution in [0, 0.1) is 5.92 Å². The van der Waals surface area contributed by atoms with Crippen molar-refractivity contribution in [2.24, 2.45) is 5.92 Å². The van der Waals surface area contributed by atoms with Gasteiger partial charge in [-0.3, -0.25) is 4.79 Å².